The first-order valence-electron chi connectivity index (χ1n) is 5.29. The number of H-pyrrole nitrogens is 1. The van der Waals surface area contributed by atoms with Gasteiger partial charge in [0.1, 0.15) is 5.82 Å². The first kappa shape index (κ1) is 12.6. The summed E-state index contributed by atoms with van der Waals surface area (Å²) in [5, 5.41) is 20.2. The number of amides is 1. The van der Waals surface area contributed by atoms with Crippen LogP contribution in [-0.2, 0) is 0 Å². The Hall–Kier alpha value is -2.84. The minimum Gasteiger partial charge on any atom is -0.436 e. The van der Waals surface area contributed by atoms with Crippen LogP contribution in [0.4, 0.5) is 5.82 Å². The third-order valence-electron chi connectivity index (χ3n) is 2.37. The van der Waals surface area contributed by atoms with Crippen LogP contribution in [0.5, 0.6) is 0 Å². The average Bonchev–Trinajstić information content (AvgIpc) is 2.95. The predicted octanol–water partition coefficient (Wildman–Crippen LogP) is 0.361. The van der Waals surface area contributed by atoms with Crippen LogP contribution in [0.3, 0.4) is 0 Å². The van der Waals surface area contributed by atoms with Crippen molar-refractivity contribution in [1.29, 1.82) is 0 Å². The fourth-order valence-corrected chi connectivity index (χ4v) is 1.54. The molecule has 5 N–H and O–H groups in total. The molecule has 0 aliphatic carbocycles. The summed E-state index contributed by atoms with van der Waals surface area (Å²) >= 11 is 0. The second-order valence-electron chi connectivity index (χ2n) is 3.75. The average molecular weight is 264 g/mol. The van der Waals surface area contributed by atoms with Gasteiger partial charge >= 0.3 is 0 Å². The summed E-state index contributed by atoms with van der Waals surface area (Å²) in [6, 6.07) is 0. The second kappa shape index (κ2) is 4.80. The highest BCUT2D eigenvalue weighted by Crippen LogP contribution is 2.15. The Morgan fingerprint density at radius 3 is 2.89 bits per heavy atom. The number of aromatic amines is 1. The Labute approximate surface area is 107 Å². The zero-order chi connectivity index (χ0) is 14.0. The molecule has 0 aliphatic rings. The molecule has 0 unspecified atom stereocenters. The van der Waals surface area contributed by atoms with Crippen molar-refractivity contribution in [2.45, 2.75) is 13.8 Å². The van der Waals surface area contributed by atoms with Crippen LogP contribution in [-0.4, -0.2) is 32.1 Å². The second-order valence-corrected chi connectivity index (χ2v) is 3.75. The maximum Gasteiger partial charge on any atom is 0.294 e. The SMILES string of the molecule is Cc1nc(C)c(C(=O)Nc2[nH]ncc2C(N)=NO)o1. The van der Waals surface area contributed by atoms with Gasteiger partial charge in [0.25, 0.3) is 5.91 Å². The lowest BCUT2D eigenvalue weighted by molar-refractivity contribution is 0.0994. The van der Waals surface area contributed by atoms with Crippen molar-refractivity contribution < 1.29 is 14.4 Å². The quantitative estimate of drug-likeness (QED) is 0.273. The molecule has 1 amide bonds. The van der Waals surface area contributed by atoms with Gasteiger partial charge in [-0.3, -0.25) is 9.89 Å². The van der Waals surface area contributed by atoms with Crippen LogP contribution in [0.25, 0.3) is 0 Å². The molecule has 0 radical (unpaired) electrons. The third-order valence-corrected chi connectivity index (χ3v) is 2.37. The number of carbonyl (C=O) groups is 1. The standard InChI is InChI=1S/C10H12N6O3/c1-4-7(19-5(2)13-4)10(17)14-9-6(3-12-15-9)8(11)16-18/h3,18H,1-2H3,(H2,11,16)(H2,12,14,15,17). The lowest BCUT2D eigenvalue weighted by Gasteiger charge is -2.03. The normalized spacial score (nSPS) is 11.6. The molecular formula is C10H12N6O3. The largest absolute Gasteiger partial charge is 0.436 e. The van der Waals surface area contributed by atoms with E-state index in [2.05, 4.69) is 25.7 Å². The van der Waals surface area contributed by atoms with Gasteiger partial charge in [0.15, 0.2) is 11.7 Å². The number of carbonyl (C=O) groups excluding carboxylic acids is 1. The topological polar surface area (TPSA) is 142 Å². The minimum atomic E-state index is -0.505. The molecule has 2 rings (SSSR count). The van der Waals surface area contributed by atoms with E-state index >= 15 is 0 Å². The van der Waals surface area contributed by atoms with Gasteiger partial charge in [-0.2, -0.15) is 5.10 Å². The summed E-state index contributed by atoms with van der Waals surface area (Å²) < 4.78 is 5.18. The summed E-state index contributed by atoms with van der Waals surface area (Å²) in [7, 11) is 0. The maximum atomic E-state index is 12.0. The molecule has 19 heavy (non-hydrogen) atoms. The van der Waals surface area contributed by atoms with Crippen LogP contribution in [0.2, 0.25) is 0 Å². The van der Waals surface area contributed by atoms with Crippen molar-refractivity contribution in [2.24, 2.45) is 10.9 Å². The van der Waals surface area contributed by atoms with Gasteiger partial charge in [0, 0.05) is 6.92 Å². The number of hydrogen-bond acceptors (Lipinski definition) is 6. The first-order chi connectivity index (χ1) is 9.02. The monoisotopic (exact) mass is 264 g/mol. The molecule has 0 aromatic carbocycles. The van der Waals surface area contributed by atoms with Gasteiger partial charge in [-0.1, -0.05) is 5.16 Å². The number of hydrogen-bond donors (Lipinski definition) is 4. The molecule has 0 saturated carbocycles. The molecule has 0 atom stereocenters. The molecule has 0 aliphatic heterocycles. The van der Waals surface area contributed by atoms with Crippen LogP contribution in [0, 0.1) is 13.8 Å². The molecule has 2 heterocycles. The zero-order valence-electron chi connectivity index (χ0n) is 10.3. The molecule has 2 aromatic heterocycles. The molecule has 0 fully saturated rings. The highest BCUT2D eigenvalue weighted by Gasteiger charge is 2.19. The van der Waals surface area contributed by atoms with Crippen molar-refractivity contribution >= 4 is 17.6 Å². The Morgan fingerprint density at radius 2 is 2.32 bits per heavy atom. The Kier molecular flexibility index (Phi) is 3.19. The number of nitrogens with two attached hydrogens (primary N) is 1. The van der Waals surface area contributed by atoms with E-state index < -0.39 is 5.91 Å². The summed E-state index contributed by atoms with van der Waals surface area (Å²) in [5.74, 6) is 0.0130. The van der Waals surface area contributed by atoms with E-state index in [9.17, 15) is 4.79 Å². The smallest absolute Gasteiger partial charge is 0.294 e. The zero-order valence-corrected chi connectivity index (χ0v) is 10.3. The number of nitrogens with zero attached hydrogens (tertiary/aromatic N) is 3. The van der Waals surface area contributed by atoms with E-state index in [1.807, 2.05) is 0 Å². The predicted molar refractivity (Wildman–Crippen MR) is 65.0 cm³/mol. The number of aryl methyl sites for hydroxylation is 2. The van der Waals surface area contributed by atoms with Gasteiger partial charge in [-0.05, 0) is 6.92 Å². The number of nitrogens with one attached hydrogen (secondary N) is 2. The highest BCUT2D eigenvalue weighted by molar-refractivity contribution is 6.08. The van der Waals surface area contributed by atoms with Gasteiger partial charge in [-0.15, -0.1) is 0 Å². The summed E-state index contributed by atoms with van der Waals surface area (Å²) in [4.78, 5) is 16.0. The number of amidine groups is 1. The third kappa shape index (κ3) is 2.39. The molecule has 0 saturated heterocycles. The number of aromatic nitrogens is 3. The van der Waals surface area contributed by atoms with Crippen molar-refractivity contribution in [2.75, 3.05) is 5.32 Å². The van der Waals surface area contributed by atoms with Gasteiger partial charge in [0.05, 0.1) is 17.5 Å². The highest BCUT2D eigenvalue weighted by atomic mass is 16.4. The Morgan fingerprint density at radius 1 is 1.58 bits per heavy atom. The van der Waals surface area contributed by atoms with Crippen LogP contribution in [0.1, 0.15) is 27.7 Å². The van der Waals surface area contributed by atoms with Crippen molar-refractivity contribution in [3.8, 4) is 0 Å². The summed E-state index contributed by atoms with van der Waals surface area (Å²) in [5.41, 5.74) is 6.18. The van der Waals surface area contributed by atoms with Gasteiger partial charge in [-0.25, -0.2) is 4.98 Å². The van der Waals surface area contributed by atoms with Crippen LogP contribution in [0.15, 0.2) is 15.8 Å². The van der Waals surface area contributed by atoms with E-state index in [-0.39, 0.29) is 23.0 Å². The number of oxazole rings is 1. The fourth-order valence-electron chi connectivity index (χ4n) is 1.54. The Bertz CT molecular complexity index is 641. The number of oxime groups is 1. The van der Waals surface area contributed by atoms with E-state index in [1.165, 1.54) is 6.20 Å². The lowest BCUT2D eigenvalue weighted by atomic mass is 10.3. The molecule has 2 aromatic rings. The molecular weight excluding hydrogens is 252 g/mol. The van der Waals surface area contributed by atoms with E-state index in [1.54, 1.807) is 13.8 Å². The summed E-state index contributed by atoms with van der Waals surface area (Å²) in [6.07, 6.45) is 1.32. The molecule has 0 spiro atoms. The number of rotatable bonds is 3. The number of anilines is 1. The van der Waals surface area contributed by atoms with Crippen molar-refractivity contribution in [3.05, 3.63) is 29.1 Å². The molecule has 9 heteroatoms. The summed E-state index contributed by atoms with van der Waals surface area (Å²) in [6.45, 7) is 3.30. The molecule has 0 bridgehead atoms. The van der Waals surface area contributed by atoms with Crippen LogP contribution >= 0.6 is 0 Å². The molecule has 100 valence electrons. The van der Waals surface area contributed by atoms with E-state index in [0.717, 1.165) is 0 Å². The van der Waals surface area contributed by atoms with E-state index in [0.29, 0.717) is 11.6 Å². The van der Waals surface area contributed by atoms with Crippen LogP contribution < -0.4 is 11.1 Å². The lowest BCUT2D eigenvalue weighted by Crippen LogP contribution is -2.18. The van der Waals surface area contributed by atoms with Crippen molar-refractivity contribution in [1.82, 2.24) is 15.2 Å². The maximum absolute atomic E-state index is 12.0. The molecule has 9 nitrogen and oxygen atoms in total. The Balaban J connectivity index is 2.25. The van der Waals surface area contributed by atoms with E-state index in [4.69, 9.17) is 15.4 Å². The minimum absolute atomic E-state index is 0.0950. The fraction of sp³-hybridized carbons (Fsp3) is 0.200. The van der Waals surface area contributed by atoms with Gasteiger partial charge < -0.3 is 20.7 Å². The first-order valence-corrected chi connectivity index (χ1v) is 5.29. The van der Waals surface area contributed by atoms with Crippen molar-refractivity contribution in [3.63, 3.8) is 0 Å². The van der Waals surface area contributed by atoms with Gasteiger partial charge in [0.2, 0.25) is 5.76 Å².